The first-order valence-electron chi connectivity index (χ1n) is 12.8. The van der Waals surface area contributed by atoms with Crippen molar-refractivity contribution in [3.8, 4) is 11.5 Å². The molecular formula is C27H28N6O3. The van der Waals surface area contributed by atoms with Crippen LogP contribution < -0.4 is 19.9 Å². The molecule has 3 aliphatic rings. The minimum atomic E-state index is -0.414. The summed E-state index contributed by atoms with van der Waals surface area (Å²) in [6.07, 6.45) is 6.47. The Kier molecular flexibility index (Phi) is 5.15. The molecule has 9 nitrogen and oxygen atoms in total. The second kappa shape index (κ2) is 8.65. The van der Waals surface area contributed by atoms with Crippen molar-refractivity contribution in [2.75, 3.05) is 24.7 Å². The molecule has 1 N–H and O–H groups in total. The number of pyridine rings is 1. The summed E-state index contributed by atoms with van der Waals surface area (Å²) in [5, 5.41) is 14.0. The summed E-state index contributed by atoms with van der Waals surface area (Å²) in [6, 6.07) is 14.1. The standard InChI is InChI=1S/C27H28N6O3/c34-27-20(14-18-15-23-24(16-21(18)28-27)36-13-12-35-23)25(26-29-30-31-33(26)19-8-2-3-9-19)32-11-5-7-17-6-1-4-10-22(17)32/h1,4,6,10,14-16,19,25H,2-3,5,7-9,11-13H2,(H,28,34)/t25-/m1/s1. The first kappa shape index (κ1) is 21.4. The number of nitrogens with zero attached hydrogens (tertiary/aromatic N) is 5. The summed E-state index contributed by atoms with van der Waals surface area (Å²) in [6.45, 7) is 1.83. The fourth-order valence-corrected chi connectivity index (χ4v) is 6.03. The van der Waals surface area contributed by atoms with Crippen molar-refractivity contribution in [2.24, 2.45) is 0 Å². The SMILES string of the molecule is O=c1[nH]c2cc3c(cc2cc1[C@H](c1nnnn1C1CCCC1)N1CCCc2ccccc21)OCCO3. The van der Waals surface area contributed by atoms with Gasteiger partial charge in [0.15, 0.2) is 17.3 Å². The zero-order valence-electron chi connectivity index (χ0n) is 20.0. The summed E-state index contributed by atoms with van der Waals surface area (Å²) in [5.41, 5.74) is 3.63. The molecule has 0 amide bonds. The van der Waals surface area contributed by atoms with Gasteiger partial charge in [0.2, 0.25) is 0 Å². The third-order valence-corrected chi connectivity index (χ3v) is 7.72. The summed E-state index contributed by atoms with van der Waals surface area (Å²) >= 11 is 0. The quantitative estimate of drug-likeness (QED) is 0.468. The zero-order chi connectivity index (χ0) is 24.1. The van der Waals surface area contributed by atoms with Crippen LogP contribution in [0.2, 0.25) is 0 Å². The number of ether oxygens (including phenoxy) is 2. The number of aryl methyl sites for hydroxylation is 1. The van der Waals surface area contributed by atoms with Crippen molar-refractivity contribution >= 4 is 16.6 Å². The van der Waals surface area contributed by atoms with Gasteiger partial charge in [0.1, 0.15) is 19.3 Å². The summed E-state index contributed by atoms with van der Waals surface area (Å²) < 4.78 is 13.5. The molecule has 2 aromatic heterocycles. The van der Waals surface area contributed by atoms with Gasteiger partial charge in [-0.25, -0.2) is 4.68 Å². The van der Waals surface area contributed by atoms with E-state index in [0.717, 1.165) is 54.6 Å². The zero-order valence-corrected chi connectivity index (χ0v) is 20.0. The highest BCUT2D eigenvalue weighted by Crippen LogP contribution is 2.40. The van der Waals surface area contributed by atoms with E-state index in [1.807, 2.05) is 22.9 Å². The van der Waals surface area contributed by atoms with Crippen LogP contribution in [0.25, 0.3) is 10.9 Å². The van der Waals surface area contributed by atoms with Crippen LogP contribution in [0.4, 0.5) is 5.69 Å². The molecule has 0 saturated heterocycles. The van der Waals surface area contributed by atoms with E-state index in [4.69, 9.17) is 9.47 Å². The number of hydrogen-bond donors (Lipinski definition) is 1. The highest BCUT2D eigenvalue weighted by molar-refractivity contribution is 5.83. The molecule has 4 aromatic rings. The second-order valence-corrected chi connectivity index (χ2v) is 9.89. The molecular weight excluding hydrogens is 456 g/mol. The van der Waals surface area contributed by atoms with E-state index in [0.29, 0.717) is 30.3 Å². The molecule has 0 bridgehead atoms. The highest BCUT2D eigenvalue weighted by atomic mass is 16.6. The molecule has 7 rings (SSSR count). The lowest BCUT2D eigenvalue weighted by Gasteiger charge is -2.37. The van der Waals surface area contributed by atoms with E-state index in [1.165, 1.54) is 18.4 Å². The Hall–Kier alpha value is -3.88. The maximum Gasteiger partial charge on any atom is 0.254 e. The third-order valence-electron chi connectivity index (χ3n) is 7.72. The molecule has 1 fully saturated rings. The molecule has 2 aromatic carbocycles. The van der Waals surface area contributed by atoms with Crippen LogP contribution in [-0.2, 0) is 6.42 Å². The second-order valence-electron chi connectivity index (χ2n) is 9.89. The smallest absolute Gasteiger partial charge is 0.254 e. The number of hydrogen-bond acceptors (Lipinski definition) is 7. The Labute approximate surface area is 208 Å². The largest absolute Gasteiger partial charge is 0.486 e. The lowest BCUT2D eigenvalue weighted by molar-refractivity contribution is 0.172. The number of rotatable bonds is 4. The summed E-state index contributed by atoms with van der Waals surface area (Å²) in [7, 11) is 0. The van der Waals surface area contributed by atoms with Crippen LogP contribution >= 0.6 is 0 Å². The van der Waals surface area contributed by atoms with Gasteiger partial charge in [-0.15, -0.1) is 5.10 Å². The maximum absolute atomic E-state index is 13.7. The molecule has 0 radical (unpaired) electrons. The molecule has 9 heteroatoms. The topological polar surface area (TPSA) is 98.2 Å². The number of benzene rings is 2. The molecule has 184 valence electrons. The predicted molar refractivity (Wildman–Crippen MR) is 135 cm³/mol. The fourth-order valence-electron chi connectivity index (χ4n) is 6.03. The first-order chi connectivity index (χ1) is 17.8. The summed E-state index contributed by atoms with van der Waals surface area (Å²) in [5.74, 6) is 2.08. The van der Waals surface area contributed by atoms with Crippen LogP contribution in [0.5, 0.6) is 11.5 Å². The number of nitrogens with one attached hydrogen (secondary N) is 1. The number of fused-ring (bicyclic) bond motifs is 3. The minimum absolute atomic E-state index is 0.145. The lowest BCUT2D eigenvalue weighted by Crippen LogP contribution is -2.38. The highest BCUT2D eigenvalue weighted by Gasteiger charge is 2.35. The van der Waals surface area contributed by atoms with Crippen LogP contribution in [0, 0.1) is 0 Å². The Morgan fingerprint density at radius 3 is 2.67 bits per heavy atom. The van der Waals surface area contributed by atoms with Gasteiger partial charge in [0, 0.05) is 29.2 Å². The van der Waals surface area contributed by atoms with E-state index in [1.54, 1.807) is 0 Å². The van der Waals surface area contributed by atoms with Gasteiger partial charge in [-0.1, -0.05) is 31.0 Å². The van der Waals surface area contributed by atoms with Crippen LogP contribution in [0.1, 0.15) is 61.1 Å². The molecule has 2 aliphatic heterocycles. The van der Waals surface area contributed by atoms with Gasteiger partial charge >= 0.3 is 0 Å². The lowest BCUT2D eigenvalue weighted by atomic mass is 9.96. The minimum Gasteiger partial charge on any atom is -0.486 e. The number of para-hydroxylation sites is 1. The normalized spacial score (nSPS) is 18.4. The Bertz CT molecular complexity index is 1490. The van der Waals surface area contributed by atoms with Crippen molar-refractivity contribution in [2.45, 2.75) is 50.6 Å². The van der Waals surface area contributed by atoms with Crippen molar-refractivity contribution in [1.82, 2.24) is 25.2 Å². The molecule has 1 saturated carbocycles. The Morgan fingerprint density at radius 2 is 1.81 bits per heavy atom. The molecule has 0 unspecified atom stereocenters. The van der Waals surface area contributed by atoms with Crippen molar-refractivity contribution in [1.29, 1.82) is 0 Å². The van der Waals surface area contributed by atoms with Crippen molar-refractivity contribution < 1.29 is 9.47 Å². The molecule has 4 heterocycles. The van der Waals surface area contributed by atoms with E-state index in [2.05, 4.69) is 49.7 Å². The van der Waals surface area contributed by atoms with Gasteiger partial charge in [-0.2, -0.15) is 0 Å². The molecule has 1 aliphatic carbocycles. The Balaban J connectivity index is 1.43. The van der Waals surface area contributed by atoms with E-state index in [-0.39, 0.29) is 11.6 Å². The number of anilines is 1. The average molecular weight is 485 g/mol. The third kappa shape index (κ3) is 3.53. The summed E-state index contributed by atoms with van der Waals surface area (Å²) in [4.78, 5) is 19.1. The van der Waals surface area contributed by atoms with Gasteiger partial charge in [-0.05, 0) is 59.9 Å². The fraction of sp³-hybridized carbons (Fsp3) is 0.407. The average Bonchev–Trinajstić information content (AvgIpc) is 3.61. The predicted octanol–water partition coefficient (Wildman–Crippen LogP) is 3.94. The van der Waals surface area contributed by atoms with Crippen molar-refractivity contribution in [3.63, 3.8) is 0 Å². The van der Waals surface area contributed by atoms with E-state index >= 15 is 0 Å². The van der Waals surface area contributed by atoms with Crippen LogP contribution in [-0.4, -0.2) is 44.9 Å². The number of aromatic nitrogens is 5. The number of aromatic amines is 1. The molecule has 0 spiro atoms. The van der Waals surface area contributed by atoms with Gasteiger partial charge in [-0.3, -0.25) is 4.79 Å². The van der Waals surface area contributed by atoms with Crippen LogP contribution in [0.3, 0.4) is 0 Å². The number of tetrazole rings is 1. The first-order valence-corrected chi connectivity index (χ1v) is 12.8. The number of H-pyrrole nitrogens is 1. The monoisotopic (exact) mass is 484 g/mol. The van der Waals surface area contributed by atoms with Gasteiger partial charge < -0.3 is 19.4 Å². The molecule has 1 atom stereocenters. The molecule has 36 heavy (non-hydrogen) atoms. The van der Waals surface area contributed by atoms with Crippen molar-refractivity contribution in [3.05, 3.63) is 69.8 Å². The van der Waals surface area contributed by atoms with Gasteiger partial charge in [0.05, 0.1) is 11.6 Å². The van der Waals surface area contributed by atoms with E-state index < -0.39 is 6.04 Å². The Morgan fingerprint density at radius 1 is 1.00 bits per heavy atom. The van der Waals surface area contributed by atoms with Crippen LogP contribution in [0.15, 0.2) is 47.3 Å². The van der Waals surface area contributed by atoms with Gasteiger partial charge in [0.25, 0.3) is 5.56 Å². The van der Waals surface area contributed by atoms with E-state index in [9.17, 15) is 4.79 Å². The maximum atomic E-state index is 13.7.